The largest absolute Gasteiger partial charge is 0.507 e. The van der Waals surface area contributed by atoms with E-state index in [1.165, 1.54) is 5.56 Å². The highest BCUT2D eigenvalue weighted by Crippen LogP contribution is 2.40. The summed E-state index contributed by atoms with van der Waals surface area (Å²) in [6.45, 7) is 6.48. The van der Waals surface area contributed by atoms with E-state index >= 15 is 0 Å². The topological polar surface area (TPSA) is 58.9 Å². The van der Waals surface area contributed by atoms with Gasteiger partial charge in [-0.15, -0.1) is 0 Å². The van der Waals surface area contributed by atoms with Gasteiger partial charge in [0.25, 0.3) is 0 Å². The van der Waals surface area contributed by atoms with Gasteiger partial charge in [0, 0.05) is 5.92 Å². The van der Waals surface area contributed by atoms with Gasteiger partial charge in [-0.3, -0.25) is 0 Å². The summed E-state index contributed by atoms with van der Waals surface area (Å²) in [5.74, 6) is 1.44. The van der Waals surface area contributed by atoms with Crippen molar-refractivity contribution in [3.63, 3.8) is 0 Å². The minimum Gasteiger partial charge on any atom is -0.507 e. The van der Waals surface area contributed by atoms with E-state index in [1.54, 1.807) is 0 Å². The first-order valence-electron chi connectivity index (χ1n) is 11.5. The number of ether oxygens (including phenoxy) is 2. The van der Waals surface area contributed by atoms with E-state index in [4.69, 9.17) is 9.47 Å². The number of aromatic hydroxyl groups is 1. The average molecular weight is 445 g/mol. The highest BCUT2D eigenvalue weighted by Gasteiger charge is 2.26. The molecule has 3 aromatic rings. The Morgan fingerprint density at radius 2 is 1.79 bits per heavy atom. The Morgan fingerprint density at radius 1 is 1.00 bits per heavy atom. The van der Waals surface area contributed by atoms with Crippen LogP contribution in [-0.2, 0) is 19.4 Å². The van der Waals surface area contributed by atoms with Gasteiger partial charge in [-0.1, -0.05) is 55.5 Å². The third-order valence-corrected chi connectivity index (χ3v) is 6.13. The van der Waals surface area contributed by atoms with Crippen LogP contribution >= 0.6 is 0 Å². The van der Waals surface area contributed by atoms with Crippen LogP contribution in [0.5, 0.6) is 17.2 Å². The molecule has 172 valence electrons. The van der Waals surface area contributed by atoms with Crippen molar-refractivity contribution in [2.75, 3.05) is 6.61 Å². The van der Waals surface area contributed by atoms with Crippen LogP contribution in [0.1, 0.15) is 54.5 Å². The van der Waals surface area contributed by atoms with E-state index < -0.39 is 5.60 Å². The molecule has 1 atom stereocenters. The summed E-state index contributed by atoms with van der Waals surface area (Å²) in [7, 11) is 0. The molecule has 1 heterocycles. The average Bonchev–Trinajstić information content (AvgIpc) is 2.82. The molecule has 4 rings (SSSR count). The Morgan fingerprint density at radius 3 is 2.52 bits per heavy atom. The van der Waals surface area contributed by atoms with E-state index in [-0.39, 0.29) is 18.3 Å². The first kappa shape index (κ1) is 22.9. The lowest BCUT2D eigenvalue weighted by molar-refractivity contribution is 0.158. The van der Waals surface area contributed by atoms with Crippen LogP contribution < -0.4 is 9.47 Å². The van der Waals surface area contributed by atoms with Crippen molar-refractivity contribution < 1.29 is 19.7 Å². The Kier molecular flexibility index (Phi) is 6.75. The van der Waals surface area contributed by atoms with Crippen molar-refractivity contribution in [3.05, 3.63) is 94.6 Å². The first-order valence-corrected chi connectivity index (χ1v) is 11.5. The number of benzene rings is 3. The van der Waals surface area contributed by atoms with Crippen LogP contribution in [0.4, 0.5) is 0 Å². The van der Waals surface area contributed by atoms with Crippen LogP contribution in [0.25, 0.3) is 6.08 Å². The molecule has 0 fully saturated rings. The summed E-state index contributed by atoms with van der Waals surface area (Å²) in [6, 6.07) is 20.0. The maximum absolute atomic E-state index is 11.0. The van der Waals surface area contributed by atoms with Gasteiger partial charge in [0.15, 0.2) is 0 Å². The first-order chi connectivity index (χ1) is 15.9. The Hall–Kier alpha value is -3.24. The van der Waals surface area contributed by atoms with Gasteiger partial charge in [0.1, 0.15) is 29.5 Å². The highest BCUT2D eigenvalue weighted by molar-refractivity contribution is 5.68. The van der Waals surface area contributed by atoms with Crippen LogP contribution in [0.3, 0.4) is 0 Å². The maximum atomic E-state index is 11.0. The Labute approximate surface area is 196 Å². The van der Waals surface area contributed by atoms with Crippen LogP contribution in [0.2, 0.25) is 0 Å². The van der Waals surface area contributed by atoms with Crippen molar-refractivity contribution in [3.8, 4) is 17.2 Å². The predicted octanol–water partition coefficient (Wildman–Crippen LogP) is 6.04. The fourth-order valence-corrected chi connectivity index (χ4v) is 4.19. The molecule has 1 aliphatic heterocycles. The molecule has 4 nitrogen and oxygen atoms in total. The lowest BCUT2D eigenvalue weighted by Gasteiger charge is -2.29. The van der Waals surface area contributed by atoms with Gasteiger partial charge < -0.3 is 19.7 Å². The van der Waals surface area contributed by atoms with E-state index in [2.05, 4.69) is 19.1 Å². The summed E-state index contributed by atoms with van der Waals surface area (Å²) in [5.41, 5.74) is 4.27. The molecule has 0 saturated carbocycles. The van der Waals surface area contributed by atoms with Crippen molar-refractivity contribution >= 4 is 6.08 Å². The van der Waals surface area contributed by atoms with Crippen molar-refractivity contribution in [1.29, 1.82) is 0 Å². The Bertz CT molecular complexity index is 1130. The molecular weight excluding hydrogens is 412 g/mol. The van der Waals surface area contributed by atoms with Gasteiger partial charge in [-0.25, -0.2) is 0 Å². The number of hydrogen-bond acceptors (Lipinski definition) is 4. The van der Waals surface area contributed by atoms with Crippen molar-refractivity contribution in [2.24, 2.45) is 0 Å². The standard InChI is InChI=1S/C29H32O4/c1-4-20-10-12-24(27(16-20)32-19-21-8-6-5-7-9-21)23(18-30)17-22-11-13-26-25(28(22)31)14-15-29(2,3)33-26/h5-16,23,30-31H,4,17-19H2,1-3H3. The monoisotopic (exact) mass is 444 g/mol. The molecule has 4 heteroatoms. The summed E-state index contributed by atoms with van der Waals surface area (Å²) in [6.07, 6.45) is 5.25. The zero-order chi connectivity index (χ0) is 23.4. The fraction of sp³-hybridized carbons (Fsp3) is 0.310. The van der Waals surface area contributed by atoms with E-state index in [0.717, 1.165) is 28.9 Å². The maximum Gasteiger partial charge on any atom is 0.131 e. The number of phenols is 1. The summed E-state index contributed by atoms with van der Waals surface area (Å²) < 4.78 is 12.2. The Balaban J connectivity index is 1.61. The fourth-order valence-electron chi connectivity index (χ4n) is 4.19. The molecule has 0 aliphatic carbocycles. The molecule has 0 radical (unpaired) electrons. The van der Waals surface area contributed by atoms with Gasteiger partial charge in [-0.05, 0) is 73.2 Å². The molecule has 0 bridgehead atoms. The lowest BCUT2D eigenvalue weighted by atomic mass is 9.89. The molecule has 3 aromatic carbocycles. The minimum absolute atomic E-state index is 0.0525. The second kappa shape index (κ2) is 9.72. The summed E-state index contributed by atoms with van der Waals surface area (Å²) in [5, 5.41) is 21.3. The van der Waals surface area contributed by atoms with Crippen molar-refractivity contribution in [2.45, 2.75) is 51.7 Å². The van der Waals surface area contributed by atoms with Crippen LogP contribution in [0.15, 0.2) is 66.7 Å². The zero-order valence-corrected chi connectivity index (χ0v) is 19.5. The van der Waals surface area contributed by atoms with Gasteiger partial charge in [-0.2, -0.15) is 0 Å². The number of aliphatic hydroxyl groups is 1. The molecule has 1 aliphatic rings. The number of hydrogen-bond donors (Lipinski definition) is 2. The second-order valence-corrected chi connectivity index (χ2v) is 9.11. The minimum atomic E-state index is -0.402. The zero-order valence-electron chi connectivity index (χ0n) is 19.5. The molecule has 0 aromatic heterocycles. The summed E-state index contributed by atoms with van der Waals surface area (Å²) >= 11 is 0. The molecule has 0 amide bonds. The molecule has 33 heavy (non-hydrogen) atoms. The van der Waals surface area contributed by atoms with Crippen molar-refractivity contribution in [1.82, 2.24) is 0 Å². The second-order valence-electron chi connectivity index (χ2n) is 9.11. The normalized spacial score (nSPS) is 14.9. The smallest absolute Gasteiger partial charge is 0.131 e. The van der Waals surface area contributed by atoms with E-state index in [0.29, 0.717) is 24.3 Å². The quantitative estimate of drug-likeness (QED) is 0.445. The van der Waals surface area contributed by atoms with Gasteiger partial charge in [0.2, 0.25) is 0 Å². The predicted molar refractivity (Wildman–Crippen MR) is 132 cm³/mol. The molecule has 1 unspecified atom stereocenters. The number of aryl methyl sites for hydroxylation is 1. The molecule has 2 N–H and O–H groups in total. The van der Waals surface area contributed by atoms with Crippen LogP contribution in [0, 0.1) is 0 Å². The van der Waals surface area contributed by atoms with E-state index in [9.17, 15) is 10.2 Å². The van der Waals surface area contributed by atoms with E-state index in [1.807, 2.05) is 74.5 Å². The number of rotatable bonds is 8. The third-order valence-electron chi connectivity index (χ3n) is 6.13. The van der Waals surface area contributed by atoms with Gasteiger partial charge >= 0.3 is 0 Å². The molecule has 0 saturated heterocycles. The number of aliphatic hydroxyl groups excluding tert-OH is 1. The lowest BCUT2D eigenvalue weighted by Crippen LogP contribution is -2.27. The SMILES string of the molecule is CCc1ccc(C(CO)Cc2ccc3c(c2O)C=CC(C)(C)O3)c(OCc2ccccc2)c1. The van der Waals surface area contributed by atoms with Crippen LogP contribution in [-0.4, -0.2) is 22.4 Å². The molecular formula is C29H32O4. The molecule has 0 spiro atoms. The highest BCUT2D eigenvalue weighted by atomic mass is 16.5. The number of fused-ring (bicyclic) bond motifs is 1. The third kappa shape index (κ3) is 5.23. The van der Waals surface area contributed by atoms with Gasteiger partial charge in [0.05, 0.1) is 12.2 Å². The number of phenolic OH excluding ortho intramolecular Hbond substituents is 1. The summed E-state index contributed by atoms with van der Waals surface area (Å²) in [4.78, 5) is 0.